The number of phenolic OH excluding ortho intramolecular Hbond substituents is 1. The molecule has 0 aliphatic carbocycles. The van der Waals surface area contributed by atoms with Crippen LogP contribution in [0.1, 0.15) is 69.9 Å². The summed E-state index contributed by atoms with van der Waals surface area (Å²) in [6, 6.07) is 16.0. The van der Waals surface area contributed by atoms with E-state index in [0.29, 0.717) is 52.5 Å². The van der Waals surface area contributed by atoms with E-state index in [1.807, 2.05) is 31.2 Å². The Hall–Kier alpha value is -5.44. The Kier molecular flexibility index (Phi) is 10.5. The number of carbonyl (C=O) groups excluding carboxylic acids is 2. The van der Waals surface area contributed by atoms with E-state index < -0.39 is 5.91 Å². The number of benzene rings is 3. The lowest BCUT2D eigenvalue weighted by Crippen LogP contribution is -2.20. The second kappa shape index (κ2) is 14.6. The Morgan fingerprint density at radius 3 is 2.45 bits per heavy atom. The van der Waals surface area contributed by atoms with E-state index in [2.05, 4.69) is 26.9 Å². The van der Waals surface area contributed by atoms with E-state index in [4.69, 9.17) is 14.2 Å². The molecule has 1 amide bonds. The number of hydrogen-bond donors (Lipinski definition) is 2. The normalized spacial score (nSPS) is 10.6. The van der Waals surface area contributed by atoms with Crippen LogP contribution in [0.15, 0.2) is 48.5 Å². The van der Waals surface area contributed by atoms with Gasteiger partial charge in [0.2, 0.25) is 5.82 Å². The molecule has 0 unspecified atom stereocenters. The summed E-state index contributed by atoms with van der Waals surface area (Å²) in [5.74, 6) is 0.784. The van der Waals surface area contributed by atoms with Gasteiger partial charge in [-0.3, -0.25) is 9.59 Å². The minimum Gasteiger partial charge on any atom is -0.507 e. The van der Waals surface area contributed by atoms with Gasteiger partial charge < -0.3 is 24.6 Å². The number of Topliss-reactive ketones (excluding diaryl/α,β-unsaturated/α-hetero) is 1. The summed E-state index contributed by atoms with van der Waals surface area (Å²) in [6.07, 6.45) is 1.81. The standard InChI is InChI=1S/C32H34N6O6/c1-5-7-26-28(13-12-25(21(3)39)30(26)40)43-14-6-15-44-29-17-27(20(2)16-23(29)18-33)34-32(41)31-35-36-37-38(31)19-22-8-10-24(42-4)11-9-22/h8-13,16-17,40H,5-7,14-15,19H2,1-4H3,(H,34,41). The van der Waals surface area contributed by atoms with Crippen LogP contribution >= 0.6 is 0 Å². The van der Waals surface area contributed by atoms with Crippen LogP contribution in [0.3, 0.4) is 0 Å². The van der Waals surface area contributed by atoms with Gasteiger partial charge in [0.15, 0.2) is 5.78 Å². The third-order valence-corrected chi connectivity index (χ3v) is 6.84. The summed E-state index contributed by atoms with van der Waals surface area (Å²) in [7, 11) is 1.59. The first-order valence-corrected chi connectivity index (χ1v) is 14.1. The summed E-state index contributed by atoms with van der Waals surface area (Å²) in [5, 5.41) is 34.5. The minimum atomic E-state index is -0.516. The van der Waals surface area contributed by atoms with Crippen LogP contribution in [0.25, 0.3) is 0 Å². The summed E-state index contributed by atoms with van der Waals surface area (Å²) in [6.45, 7) is 5.95. The molecule has 0 aliphatic heterocycles. The minimum absolute atomic E-state index is 0.0222. The topological polar surface area (TPSA) is 161 Å². The Bertz CT molecular complexity index is 1680. The van der Waals surface area contributed by atoms with Gasteiger partial charge in [-0.2, -0.15) is 5.26 Å². The second-order valence-electron chi connectivity index (χ2n) is 10.0. The molecule has 0 bridgehead atoms. The number of carbonyl (C=O) groups is 2. The first kappa shape index (κ1) is 31.5. The van der Waals surface area contributed by atoms with Gasteiger partial charge in [0.25, 0.3) is 5.91 Å². The molecule has 44 heavy (non-hydrogen) atoms. The molecule has 0 saturated carbocycles. The molecule has 0 fully saturated rings. The van der Waals surface area contributed by atoms with Crippen molar-refractivity contribution in [2.45, 2.75) is 46.6 Å². The highest BCUT2D eigenvalue weighted by Crippen LogP contribution is 2.33. The summed E-state index contributed by atoms with van der Waals surface area (Å²) in [4.78, 5) is 24.9. The number of phenols is 1. The Morgan fingerprint density at radius 1 is 1.07 bits per heavy atom. The highest BCUT2D eigenvalue weighted by Gasteiger charge is 2.19. The highest BCUT2D eigenvalue weighted by molar-refractivity contribution is 6.02. The largest absolute Gasteiger partial charge is 0.507 e. The van der Waals surface area contributed by atoms with E-state index >= 15 is 0 Å². The highest BCUT2D eigenvalue weighted by atomic mass is 16.5. The van der Waals surface area contributed by atoms with Gasteiger partial charge >= 0.3 is 0 Å². The number of anilines is 1. The number of aromatic hydroxyl groups is 1. The van der Waals surface area contributed by atoms with E-state index in [9.17, 15) is 20.0 Å². The Morgan fingerprint density at radius 2 is 1.80 bits per heavy atom. The Labute approximate surface area is 255 Å². The van der Waals surface area contributed by atoms with E-state index in [0.717, 1.165) is 12.0 Å². The van der Waals surface area contributed by atoms with Gasteiger partial charge in [-0.1, -0.05) is 25.5 Å². The van der Waals surface area contributed by atoms with Crippen LogP contribution in [-0.2, 0) is 13.0 Å². The quantitative estimate of drug-likeness (QED) is 0.151. The van der Waals surface area contributed by atoms with Crippen LogP contribution in [-0.4, -0.2) is 57.3 Å². The van der Waals surface area contributed by atoms with E-state index in [-0.39, 0.29) is 42.7 Å². The molecule has 1 aromatic heterocycles. The smallest absolute Gasteiger partial charge is 0.295 e. The molecule has 228 valence electrons. The van der Waals surface area contributed by atoms with E-state index in [1.54, 1.807) is 38.3 Å². The first-order valence-electron chi connectivity index (χ1n) is 14.1. The van der Waals surface area contributed by atoms with E-state index in [1.165, 1.54) is 11.6 Å². The molecule has 12 nitrogen and oxygen atoms in total. The van der Waals surface area contributed by atoms with Crippen LogP contribution in [0.2, 0.25) is 0 Å². The average molecular weight is 599 g/mol. The molecule has 0 aliphatic rings. The molecule has 3 aromatic carbocycles. The number of ether oxygens (including phenoxy) is 3. The number of nitrogens with zero attached hydrogens (tertiary/aromatic N) is 5. The maximum absolute atomic E-state index is 13.1. The van der Waals surface area contributed by atoms with Crippen LogP contribution in [0.4, 0.5) is 5.69 Å². The zero-order chi connectivity index (χ0) is 31.6. The SMILES string of the molecule is CCCc1c(OCCCOc2cc(NC(=O)c3nnnn3Cc3ccc(OC)cc3)c(C)cc2C#N)ccc(C(C)=O)c1O. The van der Waals surface area contributed by atoms with Gasteiger partial charge in [0.05, 0.1) is 38.0 Å². The van der Waals surface area contributed by atoms with Crippen molar-refractivity contribution in [3.63, 3.8) is 0 Å². The lowest BCUT2D eigenvalue weighted by atomic mass is 10.0. The van der Waals surface area contributed by atoms with Gasteiger partial charge in [-0.15, -0.1) is 5.10 Å². The zero-order valence-electron chi connectivity index (χ0n) is 25.1. The molecule has 0 atom stereocenters. The number of hydrogen-bond acceptors (Lipinski definition) is 10. The molecule has 0 spiro atoms. The fraction of sp³-hybridized carbons (Fsp3) is 0.312. The van der Waals surface area contributed by atoms with Crippen molar-refractivity contribution in [2.75, 3.05) is 25.6 Å². The van der Waals surface area contributed by atoms with Crippen molar-refractivity contribution < 1.29 is 28.9 Å². The summed E-state index contributed by atoms with van der Waals surface area (Å²) >= 11 is 0. The van der Waals surface area contributed by atoms with Crippen molar-refractivity contribution in [3.8, 4) is 29.1 Å². The second-order valence-corrected chi connectivity index (χ2v) is 10.0. The third-order valence-electron chi connectivity index (χ3n) is 6.84. The predicted molar refractivity (Wildman–Crippen MR) is 161 cm³/mol. The number of aromatic nitrogens is 4. The summed E-state index contributed by atoms with van der Waals surface area (Å²) < 4.78 is 18.4. The molecule has 1 heterocycles. The van der Waals surface area contributed by atoms with Crippen LogP contribution in [0, 0.1) is 18.3 Å². The fourth-order valence-electron chi connectivity index (χ4n) is 4.54. The van der Waals surface area contributed by atoms with Gasteiger partial charge in [0.1, 0.15) is 29.1 Å². The summed E-state index contributed by atoms with van der Waals surface area (Å²) in [5.41, 5.74) is 3.18. The number of aryl methyl sites for hydroxylation is 1. The number of rotatable bonds is 14. The first-order chi connectivity index (χ1) is 21.2. The third kappa shape index (κ3) is 7.49. The molecule has 12 heteroatoms. The van der Waals surface area contributed by atoms with Crippen molar-refractivity contribution >= 4 is 17.4 Å². The number of tetrazole rings is 1. The van der Waals surface area contributed by atoms with Crippen molar-refractivity contribution in [1.82, 2.24) is 20.2 Å². The number of nitrogens with one attached hydrogen (secondary N) is 1. The fourth-order valence-corrected chi connectivity index (χ4v) is 4.54. The lowest BCUT2D eigenvalue weighted by molar-refractivity contribution is 0.100. The lowest BCUT2D eigenvalue weighted by Gasteiger charge is -2.15. The Balaban J connectivity index is 1.39. The van der Waals surface area contributed by atoms with Gasteiger partial charge in [0, 0.05) is 23.7 Å². The number of nitriles is 1. The number of ketones is 1. The van der Waals surface area contributed by atoms with Crippen molar-refractivity contribution in [1.29, 1.82) is 5.26 Å². The molecule has 0 saturated heterocycles. The van der Waals surface area contributed by atoms with Crippen LogP contribution < -0.4 is 19.5 Å². The average Bonchev–Trinajstić information content (AvgIpc) is 3.48. The molecule has 4 aromatic rings. The molecule has 0 radical (unpaired) electrons. The number of amides is 1. The predicted octanol–water partition coefficient (Wildman–Crippen LogP) is 4.87. The number of methoxy groups -OCH3 is 1. The van der Waals surface area contributed by atoms with Gasteiger partial charge in [-0.25, -0.2) is 4.68 Å². The molecular weight excluding hydrogens is 564 g/mol. The molecule has 4 rings (SSSR count). The zero-order valence-corrected chi connectivity index (χ0v) is 25.1. The molecular formula is C32H34N6O6. The molecule has 2 N–H and O–H groups in total. The van der Waals surface area contributed by atoms with Gasteiger partial charge in [-0.05, 0) is 72.2 Å². The van der Waals surface area contributed by atoms with Crippen LogP contribution in [0.5, 0.6) is 23.0 Å². The van der Waals surface area contributed by atoms with Crippen molar-refractivity contribution in [3.05, 3.63) is 82.2 Å². The maximum Gasteiger partial charge on any atom is 0.295 e. The maximum atomic E-state index is 13.1. The van der Waals surface area contributed by atoms with Crippen molar-refractivity contribution in [2.24, 2.45) is 0 Å². The monoisotopic (exact) mass is 598 g/mol.